The van der Waals surface area contributed by atoms with Crippen LogP contribution in [0.15, 0.2) is 43.1 Å². The number of aromatic nitrogens is 6. The molecule has 1 amide bonds. The Hall–Kier alpha value is -3.36. The second-order valence-electron chi connectivity index (χ2n) is 6.48. The maximum atomic E-state index is 12.6. The van der Waals surface area contributed by atoms with Gasteiger partial charge in [0.15, 0.2) is 5.82 Å². The highest BCUT2D eigenvalue weighted by atomic mass is 16.2. The number of hydrogen-bond donors (Lipinski definition) is 1. The van der Waals surface area contributed by atoms with Crippen LogP contribution in [0.1, 0.15) is 18.5 Å². The number of carbonyl (C=O) groups is 1. The Morgan fingerprint density at radius 3 is 2.93 bits per heavy atom. The zero-order valence-corrected chi connectivity index (χ0v) is 15.0. The fourth-order valence-corrected chi connectivity index (χ4v) is 3.16. The van der Waals surface area contributed by atoms with Crippen LogP contribution in [0.25, 0.3) is 5.82 Å². The van der Waals surface area contributed by atoms with Gasteiger partial charge in [-0.3, -0.25) is 10.1 Å². The molecule has 1 unspecified atom stereocenters. The average molecular weight is 364 g/mol. The van der Waals surface area contributed by atoms with E-state index in [-0.39, 0.29) is 11.8 Å². The summed E-state index contributed by atoms with van der Waals surface area (Å²) in [6.07, 6.45) is 8.44. The number of amides is 1. The van der Waals surface area contributed by atoms with Gasteiger partial charge in [0.05, 0.1) is 5.92 Å². The molecule has 4 rings (SSSR count). The summed E-state index contributed by atoms with van der Waals surface area (Å²) in [6.45, 7) is 3.31. The normalized spacial score (nSPS) is 16.9. The van der Waals surface area contributed by atoms with Crippen molar-refractivity contribution >= 4 is 17.7 Å². The van der Waals surface area contributed by atoms with E-state index in [0.29, 0.717) is 18.3 Å². The number of hydrogen-bond acceptors (Lipinski definition) is 7. The van der Waals surface area contributed by atoms with Gasteiger partial charge in [0.1, 0.15) is 12.1 Å². The van der Waals surface area contributed by atoms with E-state index in [1.54, 1.807) is 23.1 Å². The van der Waals surface area contributed by atoms with Gasteiger partial charge in [-0.15, -0.1) is 0 Å². The first kappa shape index (κ1) is 17.1. The van der Waals surface area contributed by atoms with Crippen molar-refractivity contribution in [3.8, 4) is 5.82 Å². The summed E-state index contributed by atoms with van der Waals surface area (Å²) in [5, 5.41) is 7.02. The quantitative estimate of drug-likeness (QED) is 0.750. The smallest absolute Gasteiger partial charge is 0.231 e. The number of nitrogens with one attached hydrogen (secondary N) is 1. The van der Waals surface area contributed by atoms with Crippen LogP contribution in [0.3, 0.4) is 0 Å². The highest BCUT2D eigenvalue weighted by Gasteiger charge is 2.27. The molecule has 0 bridgehead atoms. The Labute approximate surface area is 156 Å². The van der Waals surface area contributed by atoms with E-state index < -0.39 is 0 Å². The summed E-state index contributed by atoms with van der Waals surface area (Å²) in [4.78, 5) is 31.7. The first-order chi connectivity index (χ1) is 13.2. The van der Waals surface area contributed by atoms with Crippen LogP contribution < -0.4 is 10.2 Å². The number of nitrogens with zero attached hydrogens (tertiary/aromatic N) is 7. The third-order valence-electron chi connectivity index (χ3n) is 4.52. The predicted octanol–water partition coefficient (Wildman–Crippen LogP) is 1.62. The molecular formula is C18H20N8O. The van der Waals surface area contributed by atoms with Crippen molar-refractivity contribution < 1.29 is 4.79 Å². The molecule has 1 N–H and O–H groups in total. The second-order valence-corrected chi connectivity index (χ2v) is 6.48. The Balaban J connectivity index is 1.46. The van der Waals surface area contributed by atoms with Gasteiger partial charge >= 0.3 is 0 Å². The molecule has 1 fully saturated rings. The van der Waals surface area contributed by atoms with Crippen LogP contribution in [-0.2, 0) is 4.79 Å². The van der Waals surface area contributed by atoms with Gasteiger partial charge in [0.25, 0.3) is 0 Å². The Morgan fingerprint density at radius 1 is 1.22 bits per heavy atom. The maximum Gasteiger partial charge on any atom is 0.231 e. The molecule has 1 atom stereocenters. The molecule has 0 aromatic carbocycles. The van der Waals surface area contributed by atoms with Crippen molar-refractivity contribution in [2.24, 2.45) is 5.92 Å². The summed E-state index contributed by atoms with van der Waals surface area (Å²) in [5.41, 5.74) is 0.817. The Kier molecular flexibility index (Phi) is 4.73. The number of aryl methyl sites for hydroxylation is 1. The average Bonchev–Trinajstić information content (AvgIpc) is 3.23. The van der Waals surface area contributed by atoms with Crippen molar-refractivity contribution in [1.29, 1.82) is 0 Å². The Bertz CT molecular complexity index is 927. The molecule has 0 spiro atoms. The van der Waals surface area contributed by atoms with Crippen molar-refractivity contribution in [2.45, 2.75) is 19.8 Å². The van der Waals surface area contributed by atoms with E-state index in [4.69, 9.17) is 0 Å². The van der Waals surface area contributed by atoms with Gasteiger partial charge in [-0.25, -0.2) is 24.6 Å². The molecule has 138 valence electrons. The molecule has 3 aromatic rings. The topological polar surface area (TPSA) is 102 Å². The minimum absolute atomic E-state index is 0.0633. The summed E-state index contributed by atoms with van der Waals surface area (Å²) in [5.74, 6) is 1.63. The molecule has 0 aliphatic carbocycles. The van der Waals surface area contributed by atoms with Crippen molar-refractivity contribution in [3.05, 3.63) is 48.8 Å². The Morgan fingerprint density at radius 2 is 2.11 bits per heavy atom. The number of rotatable bonds is 4. The lowest BCUT2D eigenvalue weighted by molar-refractivity contribution is -0.120. The summed E-state index contributed by atoms with van der Waals surface area (Å²) in [7, 11) is 0. The molecule has 9 nitrogen and oxygen atoms in total. The molecule has 27 heavy (non-hydrogen) atoms. The lowest BCUT2D eigenvalue weighted by atomic mass is 9.97. The van der Waals surface area contributed by atoms with Gasteiger partial charge in [-0.2, -0.15) is 5.10 Å². The van der Waals surface area contributed by atoms with E-state index in [9.17, 15) is 4.79 Å². The minimum atomic E-state index is -0.147. The van der Waals surface area contributed by atoms with Crippen LogP contribution in [-0.4, -0.2) is 48.7 Å². The van der Waals surface area contributed by atoms with Crippen LogP contribution in [0, 0.1) is 12.8 Å². The molecule has 1 saturated heterocycles. The summed E-state index contributed by atoms with van der Waals surface area (Å²) >= 11 is 0. The van der Waals surface area contributed by atoms with E-state index >= 15 is 0 Å². The monoisotopic (exact) mass is 364 g/mol. The molecular weight excluding hydrogens is 344 g/mol. The molecule has 1 aliphatic heterocycles. The molecule has 0 saturated carbocycles. The predicted molar refractivity (Wildman–Crippen MR) is 99.5 cm³/mol. The third-order valence-corrected chi connectivity index (χ3v) is 4.52. The molecule has 4 heterocycles. The molecule has 3 aromatic heterocycles. The summed E-state index contributed by atoms with van der Waals surface area (Å²) in [6, 6.07) is 5.53. The fraction of sp³-hybridized carbons (Fsp3) is 0.333. The standard InChI is InChI=1S/C18H20N8O/c1-13-5-7-19-18(23-13)24-17(27)14-4-2-8-25(11-14)15-10-16(21-12-20-15)26-9-3-6-22-26/h3,5-7,9-10,12,14H,2,4,8,11H2,1H3,(H,19,23,24,27). The van der Waals surface area contributed by atoms with E-state index in [0.717, 1.165) is 30.9 Å². The van der Waals surface area contributed by atoms with Crippen molar-refractivity contribution in [3.63, 3.8) is 0 Å². The first-order valence-electron chi connectivity index (χ1n) is 8.86. The van der Waals surface area contributed by atoms with Crippen LogP contribution in [0.5, 0.6) is 0 Å². The van der Waals surface area contributed by atoms with E-state index in [1.807, 2.05) is 25.3 Å². The van der Waals surface area contributed by atoms with Gasteiger partial charge in [-0.05, 0) is 31.9 Å². The minimum Gasteiger partial charge on any atom is -0.356 e. The molecule has 1 aliphatic rings. The van der Waals surface area contributed by atoms with Crippen LogP contribution in [0.2, 0.25) is 0 Å². The number of piperidine rings is 1. The SMILES string of the molecule is Cc1ccnc(NC(=O)C2CCCN(c3cc(-n4cccn4)ncn3)C2)n1. The number of anilines is 2. The van der Waals surface area contributed by atoms with E-state index in [1.165, 1.54) is 6.33 Å². The first-order valence-corrected chi connectivity index (χ1v) is 8.86. The largest absolute Gasteiger partial charge is 0.356 e. The molecule has 0 radical (unpaired) electrons. The highest BCUT2D eigenvalue weighted by Crippen LogP contribution is 2.23. The highest BCUT2D eigenvalue weighted by molar-refractivity contribution is 5.91. The third kappa shape index (κ3) is 3.91. The maximum absolute atomic E-state index is 12.6. The zero-order valence-electron chi connectivity index (χ0n) is 15.0. The fourth-order valence-electron chi connectivity index (χ4n) is 3.16. The van der Waals surface area contributed by atoms with E-state index in [2.05, 4.69) is 35.3 Å². The lowest BCUT2D eigenvalue weighted by Crippen LogP contribution is -2.41. The zero-order chi connectivity index (χ0) is 18.6. The van der Waals surface area contributed by atoms with Gasteiger partial charge in [-0.1, -0.05) is 0 Å². The van der Waals surface area contributed by atoms with Crippen LogP contribution >= 0.6 is 0 Å². The lowest BCUT2D eigenvalue weighted by Gasteiger charge is -2.32. The van der Waals surface area contributed by atoms with Gasteiger partial charge in [0, 0.05) is 43.4 Å². The number of carbonyl (C=O) groups excluding carboxylic acids is 1. The van der Waals surface area contributed by atoms with Gasteiger partial charge < -0.3 is 4.90 Å². The van der Waals surface area contributed by atoms with Crippen LogP contribution in [0.4, 0.5) is 11.8 Å². The summed E-state index contributed by atoms with van der Waals surface area (Å²) < 4.78 is 1.69. The van der Waals surface area contributed by atoms with Crippen molar-refractivity contribution in [2.75, 3.05) is 23.3 Å². The second kappa shape index (κ2) is 7.48. The van der Waals surface area contributed by atoms with Crippen molar-refractivity contribution in [1.82, 2.24) is 29.7 Å². The van der Waals surface area contributed by atoms with Gasteiger partial charge in [0.2, 0.25) is 11.9 Å². The molecule has 9 heteroatoms.